The van der Waals surface area contributed by atoms with E-state index in [4.69, 9.17) is 5.11 Å². The Labute approximate surface area is 106 Å². The molecule has 1 aromatic carbocycles. The van der Waals surface area contributed by atoms with Crippen LogP contribution >= 0.6 is 11.8 Å². The van der Waals surface area contributed by atoms with Gasteiger partial charge in [0.1, 0.15) is 0 Å². The van der Waals surface area contributed by atoms with Crippen LogP contribution in [0.5, 0.6) is 0 Å². The molecule has 1 atom stereocenters. The third kappa shape index (κ3) is 2.82. The highest BCUT2D eigenvalue weighted by molar-refractivity contribution is 7.98. The zero-order valence-corrected chi connectivity index (χ0v) is 11.1. The Balaban J connectivity index is 2.09. The highest BCUT2D eigenvalue weighted by Crippen LogP contribution is 2.22. The Morgan fingerprint density at radius 1 is 1.41 bits per heavy atom. The third-order valence-electron chi connectivity index (χ3n) is 2.79. The average molecular weight is 250 g/mol. The quantitative estimate of drug-likeness (QED) is 0.885. The van der Waals surface area contributed by atoms with E-state index in [9.17, 15) is 0 Å². The summed E-state index contributed by atoms with van der Waals surface area (Å²) in [6.45, 7) is 2.32. The van der Waals surface area contributed by atoms with Crippen molar-refractivity contribution >= 4 is 22.7 Å². The van der Waals surface area contributed by atoms with Gasteiger partial charge in [-0.2, -0.15) is 16.9 Å². The lowest BCUT2D eigenvalue weighted by molar-refractivity contribution is 0.250. The van der Waals surface area contributed by atoms with Crippen LogP contribution in [0.15, 0.2) is 24.3 Å². The smallest absolute Gasteiger partial charge is 0.0802 e. The molecule has 92 valence electrons. The zero-order chi connectivity index (χ0) is 12.3. The van der Waals surface area contributed by atoms with Crippen LogP contribution in [0.3, 0.4) is 0 Å². The van der Waals surface area contributed by atoms with E-state index in [2.05, 4.69) is 30.2 Å². The maximum Gasteiger partial charge on any atom is 0.0802 e. The summed E-state index contributed by atoms with van der Waals surface area (Å²) in [5.41, 5.74) is 2.32. The van der Waals surface area contributed by atoms with Crippen LogP contribution in [-0.2, 0) is 12.8 Å². The first-order valence-electron chi connectivity index (χ1n) is 5.81. The number of fused-ring (bicyclic) bond motifs is 1. The lowest BCUT2D eigenvalue weighted by atomic mass is 10.2. The molecule has 0 aliphatic rings. The number of rotatable bonds is 5. The molecule has 0 fully saturated rings. The summed E-state index contributed by atoms with van der Waals surface area (Å²) in [6.07, 6.45) is 0. The summed E-state index contributed by atoms with van der Waals surface area (Å²) in [6, 6.07) is 8.30. The van der Waals surface area contributed by atoms with Crippen LogP contribution in [-0.4, -0.2) is 27.2 Å². The van der Waals surface area contributed by atoms with Crippen LogP contribution in [0, 0.1) is 5.92 Å². The first-order valence-corrected chi connectivity index (χ1v) is 6.97. The number of aromatic nitrogens is 2. The van der Waals surface area contributed by atoms with Gasteiger partial charge < -0.3 is 5.11 Å². The van der Waals surface area contributed by atoms with E-state index in [1.807, 2.05) is 29.6 Å². The van der Waals surface area contributed by atoms with E-state index in [-0.39, 0.29) is 6.61 Å². The van der Waals surface area contributed by atoms with E-state index in [1.165, 1.54) is 10.9 Å². The molecule has 0 aliphatic heterocycles. The number of aliphatic hydroxyl groups is 1. The van der Waals surface area contributed by atoms with Gasteiger partial charge in [0.2, 0.25) is 0 Å². The lowest BCUT2D eigenvalue weighted by Gasteiger charge is -2.05. The third-order valence-corrected chi connectivity index (χ3v) is 4.07. The molecule has 1 aromatic heterocycles. The molecule has 0 spiro atoms. The first kappa shape index (κ1) is 12.5. The molecule has 1 N–H and O–H groups in total. The second-order valence-electron chi connectivity index (χ2n) is 4.39. The highest BCUT2D eigenvalue weighted by Gasteiger charge is 2.08. The van der Waals surface area contributed by atoms with Gasteiger partial charge in [0.15, 0.2) is 0 Å². The van der Waals surface area contributed by atoms with Gasteiger partial charge >= 0.3 is 0 Å². The SMILES string of the molecule is CC(CO)CSCc1nn(C)c2ccccc12. The number of hydrogen-bond acceptors (Lipinski definition) is 3. The number of thioether (sulfide) groups is 1. The van der Waals surface area contributed by atoms with E-state index in [0.29, 0.717) is 5.92 Å². The van der Waals surface area contributed by atoms with Crippen molar-refractivity contribution in [3.8, 4) is 0 Å². The average Bonchev–Trinajstić information content (AvgIpc) is 2.67. The molecule has 4 heteroatoms. The van der Waals surface area contributed by atoms with Crippen molar-refractivity contribution in [3.63, 3.8) is 0 Å². The zero-order valence-electron chi connectivity index (χ0n) is 10.3. The minimum atomic E-state index is 0.260. The number of para-hydroxylation sites is 1. The predicted octanol–water partition coefficient (Wildman–Crippen LogP) is 2.43. The first-order chi connectivity index (χ1) is 8.22. The van der Waals surface area contributed by atoms with Crippen molar-refractivity contribution in [1.29, 1.82) is 0 Å². The number of benzene rings is 1. The molecule has 3 nitrogen and oxygen atoms in total. The number of aryl methyl sites for hydroxylation is 1. The minimum Gasteiger partial charge on any atom is -0.396 e. The second-order valence-corrected chi connectivity index (χ2v) is 5.42. The van der Waals surface area contributed by atoms with Crippen molar-refractivity contribution in [2.45, 2.75) is 12.7 Å². The summed E-state index contributed by atoms with van der Waals surface area (Å²) >= 11 is 1.83. The van der Waals surface area contributed by atoms with Gasteiger partial charge in [-0.05, 0) is 17.7 Å². The Morgan fingerprint density at radius 2 is 2.18 bits per heavy atom. The van der Waals surface area contributed by atoms with E-state index < -0.39 is 0 Å². The van der Waals surface area contributed by atoms with Gasteiger partial charge in [0.25, 0.3) is 0 Å². The minimum absolute atomic E-state index is 0.260. The van der Waals surface area contributed by atoms with Crippen molar-refractivity contribution in [2.24, 2.45) is 13.0 Å². The molecule has 0 amide bonds. The monoisotopic (exact) mass is 250 g/mol. The topological polar surface area (TPSA) is 38.1 Å². The molecule has 17 heavy (non-hydrogen) atoms. The molecular weight excluding hydrogens is 232 g/mol. The highest BCUT2D eigenvalue weighted by atomic mass is 32.2. The van der Waals surface area contributed by atoms with Crippen LogP contribution in [0.4, 0.5) is 0 Å². The van der Waals surface area contributed by atoms with Gasteiger partial charge in [0.05, 0.1) is 11.2 Å². The fraction of sp³-hybridized carbons (Fsp3) is 0.462. The van der Waals surface area contributed by atoms with Gasteiger partial charge in [-0.25, -0.2) is 0 Å². The molecule has 0 radical (unpaired) electrons. The largest absolute Gasteiger partial charge is 0.396 e. The normalized spacial score (nSPS) is 13.1. The molecule has 0 saturated carbocycles. The van der Waals surface area contributed by atoms with E-state index in [0.717, 1.165) is 17.2 Å². The second kappa shape index (κ2) is 5.56. The maximum absolute atomic E-state index is 8.97. The van der Waals surface area contributed by atoms with Gasteiger partial charge in [-0.15, -0.1) is 0 Å². The molecule has 0 bridgehead atoms. The van der Waals surface area contributed by atoms with Crippen LogP contribution in [0.2, 0.25) is 0 Å². The maximum atomic E-state index is 8.97. The fourth-order valence-corrected chi connectivity index (χ4v) is 2.84. The standard InChI is InChI=1S/C13H18N2OS/c1-10(7-16)8-17-9-12-11-5-3-4-6-13(11)15(2)14-12/h3-6,10,16H,7-9H2,1-2H3. The van der Waals surface area contributed by atoms with E-state index in [1.54, 1.807) is 0 Å². The fourth-order valence-electron chi connectivity index (χ4n) is 1.80. The van der Waals surface area contributed by atoms with E-state index >= 15 is 0 Å². The lowest BCUT2D eigenvalue weighted by Crippen LogP contribution is -2.03. The van der Waals surface area contributed by atoms with Crippen molar-refractivity contribution in [1.82, 2.24) is 9.78 Å². The van der Waals surface area contributed by atoms with Crippen molar-refractivity contribution in [2.75, 3.05) is 12.4 Å². The molecule has 2 rings (SSSR count). The Morgan fingerprint density at radius 3 is 2.94 bits per heavy atom. The molecule has 1 unspecified atom stereocenters. The Kier molecular flexibility index (Phi) is 4.07. The van der Waals surface area contributed by atoms with Crippen LogP contribution < -0.4 is 0 Å². The van der Waals surface area contributed by atoms with Crippen molar-refractivity contribution in [3.05, 3.63) is 30.0 Å². The summed E-state index contributed by atoms with van der Waals surface area (Å²) < 4.78 is 1.93. The van der Waals surface area contributed by atoms with Crippen LogP contribution in [0.25, 0.3) is 10.9 Å². The summed E-state index contributed by atoms with van der Waals surface area (Å²) in [5, 5.41) is 14.8. The molecule has 0 aliphatic carbocycles. The van der Waals surface area contributed by atoms with Crippen LogP contribution in [0.1, 0.15) is 12.6 Å². The number of hydrogen-bond donors (Lipinski definition) is 1. The summed E-state index contributed by atoms with van der Waals surface area (Å²) in [4.78, 5) is 0. The van der Waals surface area contributed by atoms with Gasteiger partial charge in [0, 0.05) is 24.8 Å². The Hall–Kier alpha value is -1.00. The summed E-state index contributed by atoms with van der Waals surface area (Å²) in [7, 11) is 1.98. The molecular formula is C13H18N2OS. The number of aliphatic hydroxyl groups excluding tert-OH is 1. The molecule has 0 saturated heterocycles. The van der Waals surface area contributed by atoms with Crippen molar-refractivity contribution < 1.29 is 5.11 Å². The number of nitrogens with zero attached hydrogens (tertiary/aromatic N) is 2. The van der Waals surface area contributed by atoms with Gasteiger partial charge in [-0.3, -0.25) is 4.68 Å². The Bertz CT molecular complexity index is 495. The molecule has 2 aromatic rings. The van der Waals surface area contributed by atoms with Gasteiger partial charge in [-0.1, -0.05) is 25.1 Å². The molecule has 1 heterocycles. The summed E-state index contributed by atoms with van der Waals surface area (Å²) in [5.74, 6) is 2.24. The predicted molar refractivity (Wildman–Crippen MR) is 73.1 cm³/mol.